The second kappa shape index (κ2) is 5.69. The predicted octanol–water partition coefficient (Wildman–Crippen LogP) is 2.78. The summed E-state index contributed by atoms with van der Waals surface area (Å²) < 4.78 is 5.07. The lowest BCUT2D eigenvalue weighted by molar-refractivity contribution is 0.0948. The Morgan fingerprint density at radius 2 is 2.05 bits per heavy atom. The van der Waals surface area contributed by atoms with Gasteiger partial charge in [0.15, 0.2) is 0 Å². The second-order valence-corrected chi connectivity index (χ2v) is 4.52. The number of hydrogen-bond donors (Lipinski definition) is 1. The van der Waals surface area contributed by atoms with E-state index < -0.39 is 0 Å². The lowest BCUT2D eigenvalue weighted by Crippen LogP contribution is -2.24. The van der Waals surface area contributed by atoms with Gasteiger partial charge in [0, 0.05) is 6.54 Å². The zero-order chi connectivity index (χ0) is 13.8. The van der Waals surface area contributed by atoms with Crippen molar-refractivity contribution in [3.05, 3.63) is 52.4 Å². The van der Waals surface area contributed by atoms with Crippen molar-refractivity contribution in [1.29, 1.82) is 0 Å². The maximum absolute atomic E-state index is 12.2. The van der Waals surface area contributed by atoms with E-state index in [0.29, 0.717) is 30.0 Å². The van der Waals surface area contributed by atoms with Gasteiger partial charge in [-0.3, -0.25) is 4.79 Å². The number of amides is 1. The quantitative estimate of drug-likeness (QED) is 0.917. The topological polar surface area (TPSA) is 55.1 Å². The molecule has 0 radical (unpaired) electrons. The zero-order valence-electron chi connectivity index (χ0n) is 11.5. The maximum Gasteiger partial charge on any atom is 0.257 e. The first-order valence-corrected chi connectivity index (χ1v) is 6.41. The third kappa shape index (κ3) is 2.84. The number of benzene rings is 1. The average Bonchev–Trinajstić information content (AvgIpc) is 2.78. The number of carbonyl (C=O) groups is 1. The minimum atomic E-state index is -0.126. The molecule has 0 unspecified atom stereocenters. The molecule has 0 saturated heterocycles. The van der Waals surface area contributed by atoms with Gasteiger partial charge in [-0.05, 0) is 31.4 Å². The van der Waals surface area contributed by atoms with E-state index in [2.05, 4.69) is 10.5 Å². The second-order valence-electron chi connectivity index (χ2n) is 4.52. The van der Waals surface area contributed by atoms with Crippen LogP contribution in [0.3, 0.4) is 0 Å². The molecular weight excluding hydrogens is 240 g/mol. The number of carbonyl (C=O) groups excluding carboxylic acids is 1. The Morgan fingerprint density at radius 3 is 2.74 bits per heavy atom. The number of rotatable bonds is 4. The summed E-state index contributed by atoms with van der Waals surface area (Å²) in [4.78, 5) is 12.2. The largest absolute Gasteiger partial charge is 0.361 e. The van der Waals surface area contributed by atoms with E-state index >= 15 is 0 Å². The van der Waals surface area contributed by atoms with Crippen molar-refractivity contribution in [2.45, 2.75) is 33.7 Å². The van der Waals surface area contributed by atoms with Gasteiger partial charge in [-0.2, -0.15) is 0 Å². The lowest BCUT2D eigenvalue weighted by atomic mass is 10.1. The van der Waals surface area contributed by atoms with Gasteiger partial charge in [-0.15, -0.1) is 0 Å². The first kappa shape index (κ1) is 13.3. The molecule has 0 bridgehead atoms. The smallest absolute Gasteiger partial charge is 0.257 e. The van der Waals surface area contributed by atoms with Crippen molar-refractivity contribution in [2.75, 3.05) is 0 Å². The van der Waals surface area contributed by atoms with Gasteiger partial charge >= 0.3 is 0 Å². The summed E-state index contributed by atoms with van der Waals surface area (Å²) in [6.45, 7) is 6.26. The van der Waals surface area contributed by atoms with Crippen LogP contribution in [-0.4, -0.2) is 11.1 Å². The zero-order valence-corrected chi connectivity index (χ0v) is 11.5. The third-order valence-corrected chi connectivity index (χ3v) is 3.20. The van der Waals surface area contributed by atoms with Gasteiger partial charge in [0.25, 0.3) is 5.91 Å². The summed E-state index contributed by atoms with van der Waals surface area (Å²) in [5, 5.41) is 6.81. The summed E-state index contributed by atoms with van der Waals surface area (Å²) >= 11 is 0. The molecule has 0 aliphatic rings. The molecule has 19 heavy (non-hydrogen) atoms. The van der Waals surface area contributed by atoms with Crippen LogP contribution in [-0.2, 0) is 13.0 Å². The van der Waals surface area contributed by atoms with Crippen molar-refractivity contribution in [2.24, 2.45) is 0 Å². The van der Waals surface area contributed by atoms with E-state index in [9.17, 15) is 4.79 Å². The first-order chi connectivity index (χ1) is 9.13. The summed E-state index contributed by atoms with van der Waals surface area (Å²) in [5.41, 5.74) is 3.56. The number of nitrogens with one attached hydrogen (secondary N) is 1. The molecule has 1 aromatic carbocycles. The Morgan fingerprint density at radius 1 is 1.32 bits per heavy atom. The van der Waals surface area contributed by atoms with Crippen LogP contribution >= 0.6 is 0 Å². The van der Waals surface area contributed by atoms with Crippen LogP contribution in [0.1, 0.15) is 39.9 Å². The molecular formula is C15H18N2O2. The molecule has 2 aromatic rings. The number of aromatic nitrogens is 1. The van der Waals surface area contributed by atoms with E-state index in [4.69, 9.17) is 4.52 Å². The van der Waals surface area contributed by atoms with E-state index in [1.165, 1.54) is 5.56 Å². The fourth-order valence-electron chi connectivity index (χ4n) is 2.02. The molecule has 1 heterocycles. The maximum atomic E-state index is 12.2. The summed E-state index contributed by atoms with van der Waals surface area (Å²) in [7, 11) is 0. The monoisotopic (exact) mass is 258 g/mol. The van der Waals surface area contributed by atoms with Crippen molar-refractivity contribution in [3.8, 4) is 0 Å². The standard InChI is InChI=1S/C15H18N2O2/c1-4-13-14(11(3)19-17-13)15(18)16-9-12-8-6-5-7-10(12)2/h5-8H,4,9H2,1-3H3,(H,16,18). The molecule has 0 aliphatic heterocycles. The molecule has 100 valence electrons. The Hall–Kier alpha value is -2.10. The van der Waals surface area contributed by atoms with Crippen molar-refractivity contribution < 1.29 is 9.32 Å². The van der Waals surface area contributed by atoms with Crippen molar-refractivity contribution >= 4 is 5.91 Å². The average molecular weight is 258 g/mol. The van der Waals surface area contributed by atoms with Gasteiger partial charge in [0.2, 0.25) is 0 Å². The molecule has 0 saturated carbocycles. The van der Waals surface area contributed by atoms with Gasteiger partial charge in [0.1, 0.15) is 11.3 Å². The van der Waals surface area contributed by atoms with Crippen LogP contribution in [0.25, 0.3) is 0 Å². The molecule has 1 amide bonds. The van der Waals surface area contributed by atoms with E-state index in [0.717, 1.165) is 5.56 Å². The SMILES string of the molecule is CCc1noc(C)c1C(=O)NCc1ccccc1C. The fraction of sp³-hybridized carbons (Fsp3) is 0.333. The number of nitrogens with zero attached hydrogens (tertiary/aromatic N) is 1. The Balaban J connectivity index is 2.10. The molecule has 0 fully saturated rings. The van der Waals surface area contributed by atoms with E-state index in [-0.39, 0.29) is 5.91 Å². The number of hydrogen-bond acceptors (Lipinski definition) is 3. The van der Waals surface area contributed by atoms with Crippen LogP contribution in [0.4, 0.5) is 0 Å². The molecule has 2 rings (SSSR count). The van der Waals surface area contributed by atoms with Gasteiger partial charge in [-0.1, -0.05) is 36.3 Å². The van der Waals surface area contributed by atoms with Gasteiger partial charge in [0.05, 0.1) is 5.69 Å². The Bertz CT molecular complexity index is 588. The van der Waals surface area contributed by atoms with Crippen molar-refractivity contribution in [3.63, 3.8) is 0 Å². The summed E-state index contributed by atoms with van der Waals surface area (Å²) in [5.74, 6) is 0.443. The minimum absolute atomic E-state index is 0.126. The summed E-state index contributed by atoms with van der Waals surface area (Å²) in [6.07, 6.45) is 0.685. The van der Waals surface area contributed by atoms with Crippen LogP contribution in [0.5, 0.6) is 0 Å². The highest BCUT2D eigenvalue weighted by molar-refractivity contribution is 5.96. The Kier molecular flexibility index (Phi) is 4.00. The van der Waals surface area contributed by atoms with E-state index in [1.54, 1.807) is 6.92 Å². The molecule has 0 atom stereocenters. The molecule has 1 N–H and O–H groups in total. The highest BCUT2D eigenvalue weighted by Crippen LogP contribution is 2.14. The molecule has 1 aromatic heterocycles. The Labute approximate surface area is 112 Å². The molecule has 0 spiro atoms. The van der Waals surface area contributed by atoms with Crippen LogP contribution in [0.15, 0.2) is 28.8 Å². The van der Waals surface area contributed by atoms with Crippen LogP contribution in [0, 0.1) is 13.8 Å². The third-order valence-electron chi connectivity index (χ3n) is 3.20. The normalized spacial score (nSPS) is 10.5. The lowest BCUT2D eigenvalue weighted by Gasteiger charge is -2.07. The van der Waals surface area contributed by atoms with Crippen LogP contribution in [0.2, 0.25) is 0 Å². The fourth-order valence-corrected chi connectivity index (χ4v) is 2.02. The van der Waals surface area contributed by atoms with Gasteiger partial charge < -0.3 is 9.84 Å². The summed E-state index contributed by atoms with van der Waals surface area (Å²) in [6, 6.07) is 8.00. The highest BCUT2D eigenvalue weighted by Gasteiger charge is 2.18. The molecule has 4 heteroatoms. The number of aryl methyl sites for hydroxylation is 3. The molecule has 0 aliphatic carbocycles. The van der Waals surface area contributed by atoms with E-state index in [1.807, 2.05) is 38.1 Å². The predicted molar refractivity (Wildman–Crippen MR) is 73.0 cm³/mol. The highest BCUT2D eigenvalue weighted by atomic mass is 16.5. The van der Waals surface area contributed by atoms with Gasteiger partial charge in [-0.25, -0.2) is 0 Å². The van der Waals surface area contributed by atoms with Crippen molar-refractivity contribution in [1.82, 2.24) is 10.5 Å². The molecule has 4 nitrogen and oxygen atoms in total. The van der Waals surface area contributed by atoms with Crippen LogP contribution < -0.4 is 5.32 Å². The first-order valence-electron chi connectivity index (χ1n) is 6.41. The minimum Gasteiger partial charge on any atom is -0.361 e.